The van der Waals surface area contributed by atoms with Gasteiger partial charge in [0.15, 0.2) is 0 Å². The fourth-order valence-electron chi connectivity index (χ4n) is 2.42. The normalized spacial score (nSPS) is 15.5. The third kappa shape index (κ3) is 6.15. The Morgan fingerprint density at radius 2 is 1.88 bits per heavy atom. The van der Waals surface area contributed by atoms with Gasteiger partial charge in [0.1, 0.15) is 0 Å². The van der Waals surface area contributed by atoms with Gasteiger partial charge >= 0.3 is 18.0 Å². The molecule has 0 unspecified atom stereocenters. The van der Waals surface area contributed by atoms with E-state index in [-0.39, 0.29) is 12.2 Å². The molecule has 2 amide bonds. The standard InChI is InChI=1S/C16H19ClF3N3O3/c17-13-3-2-11(10-12(13)16(18,19)20)22-15(25)14(24)21-4-1-5-23-6-8-26-9-7-23/h2-3,10H,1,4-9H2,(H,21,24)(H,22,25). The Labute approximate surface area is 153 Å². The first-order valence-corrected chi connectivity index (χ1v) is 8.41. The van der Waals surface area contributed by atoms with E-state index in [0.29, 0.717) is 25.7 Å². The van der Waals surface area contributed by atoms with Crippen molar-refractivity contribution in [3.8, 4) is 0 Å². The zero-order valence-corrected chi connectivity index (χ0v) is 14.6. The molecule has 10 heteroatoms. The van der Waals surface area contributed by atoms with Crippen molar-refractivity contribution in [2.45, 2.75) is 12.6 Å². The molecule has 1 aromatic carbocycles. The lowest BCUT2D eigenvalue weighted by Crippen LogP contribution is -2.39. The number of carbonyl (C=O) groups is 2. The Kier molecular flexibility index (Phi) is 7.24. The molecule has 1 saturated heterocycles. The zero-order chi connectivity index (χ0) is 19.2. The highest BCUT2D eigenvalue weighted by atomic mass is 35.5. The first-order valence-electron chi connectivity index (χ1n) is 8.03. The number of nitrogens with one attached hydrogen (secondary N) is 2. The summed E-state index contributed by atoms with van der Waals surface area (Å²) in [5.41, 5.74) is -1.24. The van der Waals surface area contributed by atoms with Crippen LogP contribution < -0.4 is 10.6 Å². The van der Waals surface area contributed by atoms with Crippen LogP contribution in [0.3, 0.4) is 0 Å². The van der Waals surface area contributed by atoms with E-state index in [1.807, 2.05) is 0 Å². The minimum absolute atomic E-state index is 0.157. The van der Waals surface area contributed by atoms with Crippen molar-refractivity contribution in [1.82, 2.24) is 10.2 Å². The summed E-state index contributed by atoms with van der Waals surface area (Å²) in [6, 6.07) is 2.90. The molecule has 144 valence electrons. The summed E-state index contributed by atoms with van der Waals surface area (Å²) in [6.45, 7) is 4.06. The summed E-state index contributed by atoms with van der Waals surface area (Å²) < 4.78 is 43.6. The third-order valence-corrected chi connectivity index (χ3v) is 4.11. The highest BCUT2D eigenvalue weighted by Crippen LogP contribution is 2.36. The van der Waals surface area contributed by atoms with Crippen LogP contribution in [0.15, 0.2) is 18.2 Å². The Balaban J connectivity index is 1.78. The quantitative estimate of drug-likeness (QED) is 0.594. The van der Waals surface area contributed by atoms with Gasteiger partial charge in [0.05, 0.1) is 23.8 Å². The van der Waals surface area contributed by atoms with Crippen LogP contribution in [0, 0.1) is 0 Å². The first-order chi connectivity index (χ1) is 12.3. The number of ether oxygens (including phenoxy) is 1. The summed E-state index contributed by atoms with van der Waals surface area (Å²) in [7, 11) is 0. The number of alkyl halides is 3. The average Bonchev–Trinajstić information content (AvgIpc) is 2.60. The van der Waals surface area contributed by atoms with E-state index in [2.05, 4.69) is 15.5 Å². The summed E-state index contributed by atoms with van der Waals surface area (Å²) in [5.74, 6) is -1.94. The second-order valence-electron chi connectivity index (χ2n) is 5.71. The highest BCUT2D eigenvalue weighted by Gasteiger charge is 2.33. The van der Waals surface area contributed by atoms with Crippen molar-refractivity contribution in [2.24, 2.45) is 0 Å². The van der Waals surface area contributed by atoms with Crippen LogP contribution in [0.5, 0.6) is 0 Å². The second kappa shape index (κ2) is 9.20. The Morgan fingerprint density at radius 3 is 2.54 bits per heavy atom. The number of amides is 2. The fourth-order valence-corrected chi connectivity index (χ4v) is 2.64. The molecule has 1 aliphatic heterocycles. The van der Waals surface area contributed by atoms with Crippen LogP contribution in [-0.4, -0.2) is 56.1 Å². The van der Waals surface area contributed by atoms with Gasteiger partial charge in [-0.3, -0.25) is 14.5 Å². The smallest absolute Gasteiger partial charge is 0.379 e. The number of hydrogen-bond acceptors (Lipinski definition) is 4. The molecule has 2 rings (SSSR count). The molecule has 1 fully saturated rings. The molecule has 0 saturated carbocycles. The van der Waals surface area contributed by atoms with Gasteiger partial charge in [0.25, 0.3) is 0 Å². The van der Waals surface area contributed by atoms with Gasteiger partial charge in [-0.25, -0.2) is 0 Å². The predicted molar refractivity (Wildman–Crippen MR) is 90.0 cm³/mol. The van der Waals surface area contributed by atoms with E-state index in [4.69, 9.17) is 16.3 Å². The van der Waals surface area contributed by atoms with Gasteiger partial charge in [0.2, 0.25) is 0 Å². The number of morpholine rings is 1. The molecule has 1 heterocycles. The summed E-state index contributed by atoms with van der Waals surface area (Å²) in [5, 5.41) is 4.09. The van der Waals surface area contributed by atoms with Crippen LogP contribution in [0.1, 0.15) is 12.0 Å². The molecule has 26 heavy (non-hydrogen) atoms. The van der Waals surface area contributed by atoms with Crippen molar-refractivity contribution in [2.75, 3.05) is 44.7 Å². The van der Waals surface area contributed by atoms with Gasteiger partial charge in [-0.1, -0.05) is 11.6 Å². The third-order valence-electron chi connectivity index (χ3n) is 3.78. The van der Waals surface area contributed by atoms with Gasteiger partial charge in [-0.05, 0) is 31.2 Å². The van der Waals surface area contributed by atoms with Crippen LogP contribution in [-0.2, 0) is 20.5 Å². The molecule has 0 radical (unpaired) electrons. The predicted octanol–water partition coefficient (Wildman–Crippen LogP) is 2.14. The van der Waals surface area contributed by atoms with Crippen molar-refractivity contribution >= 4 is 29.1 Å². The first kappa shape index (κ1) is 20.5. The number of benzene rings is 1. The molecular formula is C16H19ClF3N3O3. The van der Waals surface area contributed by atoms with E-state index in [1.54, 1.807) is 0 Å². The maximum Gasteiger partial charge on any atom is 0.417 e. The van der Waals surface area contributed by atoms with E-state index >= 15 is 0 Å². The molecule has 0 bridgehead atoms. The monoisotopic (exact) mass is 393 g/mol. The Bertz CT molecular complexity index is 649. The van der Waals surface area contributed by atoms with Crippen LogP contribution in [0.2, 0.25) is 5.02 Å². The van der Waals surface area contributed by atoms with Gasteiger partial charge in [0, 0.05) is 25.3 Å². The summed E-state index contributed by atoms with van der Waals surface area (Å²) in [6.07, 6.45) is -4.00. The molecular weight excluding hydrogens is 375 g/mol. The minimum Gasteiger partial charge on any atom is -0.379 e. The number of anilines is 1. The van der Waals surface area contributed by atoms with Gasteiger partial charge in [-0.2, -0.15) is 13.2 Å². The molecule has 1 aliphatic rings. The molecule has 2 N–H and O–H groups in total. The topological polar surface area (TPSA) is 70.7 Å². The second-order valence-corrected chi connectivity index (χ2v) is 6.12. The number of rotatable bonds is 5. The molecule has 0 aromatic heterocycles. The lowest BCUT2D eigenvalue weighted by atomic mass is 10.2. The molecule has 6 nitrogen and oxygen atoms in total. The van der Waals surface area contributed by atoms with Gasteiger partial charge in [-0.15, -0.1) is 0 Å². The van der Waals surface area contributed by atoms with Crippen molar-refractivity contribution < 1.29 is 27.5 Å². The van der Waals surface area contributed by atoms with Crippen LogP contribution in [0.25, 0.3) is 0 Å². The molecule has 0 atom stereocenters. The SMILES string of the molecule is O=C(NCCCN1CCOCC1)C(=O)Nc1ccc(Cl)c(C(F)(F)F)c1. The van der Waals surface area contributed by atoms with Crippen molar-refractivity contribution in [3.63, 3.8) is 0 Å². The number of nitrogens with zero attached hydrogens (tertiary/aromatic N) is 1. The number of hydrogen-bond donors (Lipinski definition) is 2. The van der Waals surface area contributed by atoms with E-state index in [9.17, 15) is 22.8 Å². The van der Waals surface area contributed by atoms with Gasteiger partial charge < -0.3 is 15.4 Å². The number of halogens is 4. The lowest BCUT2D eigenvalue weighted by molar-refractivity contribution is -0.137. The molecule has 1 aromatic rings. The van der Waals surface area contributed by atoms with Crippen molar-refractivity contribution in [1.29, 1.82) is 0 Å². The maximum atomic E-state index is 12.8. The van der Waals surface area contributed by atoms with E-state index in [0.717, 1.165) is 25.7 Å². The summed E-state index contributed by atoms with van der Waals surface area (Å²) in [4.78, 5) is 25.7. The Hall–Kier alpha value is -1.84. The minimum atomic E-state index is -4.65. The lowest BCUT2D eigenvalue weighted by Gasteiger charge is -2.26. The largest absolute Gasteiger partial charge is 0.417 e. The molecule has 0 aliphatic carbocycles. The van der Waals surface area contributed by atoms with E-state index < -0.39 is 28.6 Å². The fraction of sp³-hybridized carbons (Fsp3) is 0.500. The zero-order valence-electron chi connectivity index (χ0n) is 13.9. The average molecular weight is 394 g/mol. The molecule has 0 spiro atoms. The highest BCUT2D eigenvalue weighted by molar-refractivity contribution is 6.39. The van der Waals surface area contributed by atoms with Crippen LogP contribution in [0.4, 0.5) is 18.9 Å². The maximum absolute atomic E-state index is 12.8. The Morgan fingerprint density at radius 1 is 1.19 bits per heavy atom. The van der Waals surface area contributed by atoms with E-state index in [1.165, 1.54) is 6.07 Å². The van der Waals surface area contributed by atoms with Crippen LogP contribution >= 0.6 is 11.6 Å². The van der Waals surface area contributed by atoms with Crippen molar-refractivity contribution in [3.05, 3.63) is 28.8 Å². The summed E-state index contributed by atoms with van der Waals surface area (Å²) >= 11 is 5.50. The number of carbonyl (C=O) groups excluding carboxylic acids is 2.